The van der Waals surface area contributed by atoms with Crippen LogP contribution in [0.25, 0.3) is 16.6 Å². The molecule has 0 aliphatic carbocycles. The Labute approximate surface area is 132 Å². The van der Waals surface area contributed by atoms with Crippen LogP contribution in [0.5, 0.6) is 11.5 Å². The molecule has 0 fully saturated rings. The van der Waals surface area contributed by atoms with Gasteiger partial charge in [0.25, 0.3) is 0 Å². The van der Waals surface area contributed by atoms with E-state index in [4.69, 9.17) is 0 Å². The first-order valence-corrected chi connectivity index (χ1v) is 6.79. The molecule has 4 rings (SSSR count). The number of alkyl halides is 2. The third-order valence-corrected chi connectivity index (χ3v) is 3.66. The molecule has 1 aliphatic heterocycles. The van der Waals surface area contributed by atoms with E-state index in [1.54, 1.807) is 0 Å². The molecule has 122 valence electrons. The molecule has 0 unspecified atom stereocenters. The maximum atomic E-state index is 13.3. The summed E-state index contributed by atoms with van der Waals surface area (Å²) in [6, 6.07) is 5.51. The van der Waals surface area contributed by atoms with Crippen LogP contribution in [0, 0.1) is 0 Å². The Balaban J connectivity index is 2.13. The van der Waals surface area contributed by atoms with E-state index in [1.165, 1.54) is 42.0 Å². The minimum Gasteiger partial charge on any atom is -0.465 e. The number of fused-ring (bicyclic) bond motifs is 4. The molecular weight excluding hydrogens is 326 g/mol. The molecule has 2 aromatic heterocycles. The Kier molecular flexibility index (Phi) is 2.77. The number of esters is 1. The number of aromatic amines is 1. The first kappa shape index (κ1) is 14.4. The highest BCUT2D eigenvalue weighted by molar-refractivity contribution is 5.95. The van der Waals surface area contributed by atoms with Crippen LogP contribution in [-0.2, 0) is 4.74 Å². The van der Waals surface area contributed by atoms with Crippen LogP contribution in [0.1, 0.15) is 10.4 Å². The van der Waals surface area contributed by atoms with Crippen molar-refractivity contribution >= 4 is 22.5 Å². The predicted octanol–water partition coefficient (Wildman–Crippen LogP) is 1.37. The summed E-state index contributed by atoms with van der Waals surface area (Å²) in [5.41, 5.74) is -0.339. The topological polar surface area (TPSA) is 80.4 Å². The lowest BCUT2D eigenvalue weighted by molar-refractivity contribution is -0.321. The molecule has 3 aromatic rings. The second kappa shape index (κ2) is 4.63. The zero-order chi connectivity index (χ0) is 17.1. The number of carbonyl (C=O) groups is 1. The second-order valence-corrected chi connectivity index (χ2v) is 5.05. The number of aromatic nitrogens is 2. The number of halogens is 2. The standard InChI is InChI=1S/C15H8F2N2O5/c1-22-14(21)8-3-2-6-19-12(8)18-10-7(13(19)20)4-5-9-11(10)24-15(16,17)23-9/h2-6H,1H3/p+1. The average molecular weight is 335 g/mol. The molecular formula is C15H9F2N2O5+. The number of nitrogens with zero attached hydrogens (tertiary/aromatic N) is 1. The molecule has 9 heteroatoms. The molecule has 1 aliphatic rings. The van der Waals surface area contributed by atoms with Crippen molar-refractivity contribution in [3.8, 4) is 11.5 Å². The lowest BCUT2D eigenvalue weighted by Gasteiger charge is -2.05. The monoisotopic (exact) mass is 335 g/mol. The molecule has 0 amide bonds. The van der Waals surface area contributed by atoms with Gasteiger partial charge in [0.05, 0.1) is 13.3 Å². The van der Waals surface area contributed by atoms with Gasteiger partial charge in [0, 0.05) is 0 Å². The molecule has 0 bridgehead atoms. The Morgan fingerprint density at radius 2 is 2.08 bits per heavy atom. The first-order chi connectivity index (χ1) is 11.4. The summed E-state index contributed by atoms with van der Waals surface area (Å²) in [4.78, 5) is 27.3. The highest BCUT2D eigenvalue weighted by Crippen LogP contribution is 2.43. The van der Waals surface area contributed by atoms with Crippen molar-refractivity contribution in [3.05, 3.63) is 46.4 Å². The molecule has 0 saturated carbocycles. The highest BCUT2D eigenvalue weighted by Gasteiger charge is 2.45. The summed E-state index contributed by atoms with van der Waals surface area (Å²) in [7, 11) is 1.19. The zero-order valence-electron chi connectivity index (χ0n) is 12.1. The van der Waals surface area contributed by atoms with E-state index in [0.717, 1.165) is 0 Å². The summed E-state index contributed by atoms with van der Waals surface area (Å²) < 4.78 is 41.4. The number of carbonyl (C=O) groups excluding carboxylic acids is 1. The molecule has 3 heterocycles. The average Bonchev–Trinajstić information content (AvgIpc) is 2.88. The number of nitrogens with one attached hydrogen (secondary N) is 1. The quantitative estimate of drug-likeness (QED) is 0.496. The third kappa shape index (κ3) is 1.91. The van der Waals surface area contributed by atoms with E-state index < -0.39 is 17.8 Å². The number of hydrogen-bond donors (Lipinski definition) is 0. The van der Waals surface area contributed by atoms with Gasteiger partial charge in [-0.25, -0.2) is 14.6 Å². The first-order valence-electron chi connectivity index (χ1n) is 6.79. The number of ether oxygens (including phenoxy) is 3. The molecule has 0 saturated heterocycles. The van der Waals surface area contributed by atoms with Crippen LogP contribution in [0.4, 0.5) is 8.78 Å². The number of rotatable bonds is 1. The fraction of sp³-hybridized carbons (Fsp3) is 0.133. The van der Waals surface area contributed by atoms with E-state index in [-0.39, 0.29) is 33.6 Å². The maximum absolute atomic E-state index is 13.3. The Hall–Kier alpha value is -3.23. The van der Waals surface area contributed by atoms with Gasteiger partial charge in [0.1, 0.15) is 10.9 Å². The summed E-state index contributed by atoms with van der Waals surface area (Å²) in [6.45, 7) is 0. The number of H-pyrrole nitrogens is 1. The van der Waals surface area contributed by atoms with Gasteiger partial charge >= 0.3 is 23.5 Å². The van der Waals surface area contributed by atoms with Crippen molar-refractivity contribution in [1.82, 2.24) is 4.40 Å². The molecule has 0 spiro atoms. The van der Waals surface area contributed by atoms with E-state index in [1.807, 2.05) is 0 Å². The van der Waals surface area contributed by atoms with Crippen molar-refractivity contribution < 1.29 is 32.8 Å². The van der Waals surface area contributed by atoms with Gasteiger partial charge in [-0.15, -0.1) is 8.78 Å². The Morgan fingerprint density at radius 1 is 1.29 bits per heavy atom. The van der Waals surface area contributed by atoms with E-state index in [9.17, 15) is 18.4 Å². The van der Waals surface area contributed by atoms with Crippen molar-refractivity contribution in [3.63, 3.8) is 0 Å². The molecule has 24 heavy (non-hydrogen) atoms. The molecule has 0 radical (unpaired) electrons. The van der Waals surface area contributed by atoms with Crippen LogP contribution in [0.3, 0.4) is 0 Å². The summed E-state index contributed by atoms with van der Waals surface area (Å²) in [5, 5.41) is 0.106. The zero-order valence-corrected chi connectivity index (χ0v) is 12.1. The van der Waals surface area contributed by atoms with Gasteiger partial charge in [0.2, 0.25) is 5.75 Å². The number of hydrogen-bond acceptors (Lipinski definition) is 5. The molecule has 0 atom stereocenters. The Morgan fingerprint density at radius 3 is 2.83 bits per heavy atom. The van der Waals surface area contributed by atoms with Crippen LogP contribution < -0.4 is 20.0 Å². The summed E-state index contributed by atoms with van der Waals surface area (Å²) in [6.07, 6.45) is -2.38. The van der Waals surface area contributed by atoms with Crippen molar-refractivity contribution in [2.24, 2.45) is 0 Å². The minimum absolute atomic E-state index is 0.00558. The number of benzene rings is 1. The Bertz CT molecular complexity index is 1080. The minimum atomic E-state index is -3.82. The molecule has 7 nitrogen and oxygen atoms in total. The van der Waals surface area contributed by atoms with Crippen molar-refractivity contribution in [2.75, 3.05) is 7.11 Å². The highest BCUT2D eigenvalue weighted by atomic mass is 19.3. The van der Waals surface area contributed by atoms with Gasteiger partial charge in [0.15, 0.2) is 11.3 Å². The van der Waals surface area contributed by atoms with Gasteiger partial charge in [-0.05, 0) is 24.3 Å². The SMILES string of the molecule is COC(=O)c1cccn2c(=O)c3ccc4c(c3[nH+]c12)OC(F)(F)O4. The fourth-order valence-electron chi connectivity index (χ4n) is 2.64. The van der Waals surface area contributed by atoms with Crippen LogP contribution in [0.15, 0.2) is 35.3 Å². The maximum Gasteiger partial charge on any atom is 0.586 e. The van der Waals surface area contributed by atoms with Gasteiger partial charge < -0.3 is 14.2 Å². The van der Waals surface area contributed by atoms with E-state index >= 15 is 0 Å². The third-order valence-electron chi connectivity index (χ3n) is 3.66. The smallest absolute Gasteiger partial charge is 0.465 e. The normalized spacial score (nSPS) is 15.0. The van der Waals surface area contributed by atoms with Crippen LogP contribution in [-0.4, -0.2) is 23.8 Å². The van der Waals surface area contributed by atoms with E-state index in [0.29, 0.717) is 0 Å². The van der Waals surface area contributed by atoms with E-state index in [2.05, 4.69) is 19.2 Å². The van der Waals surface area contributed by atoms with Gasteiger partial charge in [-0.3, -0.25) is 0 Å². The summed E-state index contributed by atoms with van der Waals surface area (Å²) >= 11 is 0. The van der Waals surface area contributed by atoms with Gasteiger partial charge in [-0.2, -0.15) is 4.40 Å². The van der Waals surface area contributed by atoms with Crippen LogP contribution in [0.2, 0.25) is 0 Å². The lowest BCUT2D eigenvalue weighted by Crippen LogP contribution is -2.27. The summed E-state index contributed by atoms with van der Waals surface area (Å²) in [5.74, 6) is -1.18. The van der Waals surface area contributed by atoms with Crippen molar-refractivity contribution in [2.45, 2.75) is 6.29 Å². The van der Waals surface area contributed by atoms with Crippen molar-refractivity contribution in [1.29, 1.82) is 0 Å². The number of methoxy groups -OCH3 is 1. The van der Waals surface area contributed by atoms with Gasteiger partial charge in [-0.1, -0.05) is 0 Å². The largest absolute Gasteiger partial charge is 0.586 e. The predicted molar refractivity (Wildman–Crippen MR) is 75.3 cm³/mol. The molecule has 1 aromatic carbocycles. The second-order valence-electron chi connectivity index (χ2n) is 5.05. The fourth-order valence-corrected chi connectivity index (χ4v) is 2.64. The number of pyridine rings is 1. The van der Waals surface area contributed by atoms with Crippen LogP contribution >= 0.6 is 0 Å². The lowest BCUT2D eigenvalue weighted by atomic mass is 10.2. The molecule has 1 N–H and O–H groups in total.